The lowest BCUT2D eigenvalue weighted by Crippen LogP contribution is -2.30. The van der Waals surface area contributed by atoms with Crippen molar-refractivity contribution in [1.82, 2.24) is 5.32 Å². The molecule has 0 aliphatic heterocycles. The monoisotopic (exact) mass is 344 g/mol. The van der Waals surface area contributed by atoms with E-state index in [1.807, 2.05) is 31.2 Å². The average molecular weight is 344 g/mol. The minimum atomic E-state index is -0.294. The Morgan fingerprint density at radius 2 is 1.72 bits per heavy atom. The molecule has 0 aliphatic carbocycles. The number of benzene rings is 2. The highest BCUT2D eigenvalue weighted by Crippen LogP contribution is 2.28. The number of hydrogen-bond donors (Lipinski definition) is 2. The zero-order chi connectivity index (χ0) is 18.1. The molecule has 0 bridgehead atoms. The molecular weight excluding hydrogens is 320 g/mol. The van der Waals surface area contributed by atoms with Crippen LogP contribution in [-0.2, 0) is 6.42 Å². The van der Waals surface area contributed by atoms with Gasteiger partial charge in [0, 0.05) is 12.6 Å². The van der Waals surface area contributed by atoms with Crippen LogP contribution < -0.4 is 24.8 Å². The van der Waals surface area contributed by atoms with Gasteiger partial charge in [0.1, 0.15) is 17.2 Å². The van der Waals surface area contributed by atoms with E-state index in [0.717, 1.165) is 17.7 Å². The number of amides is 2. The van der Waals surface area contributed by atoms with Crippen molar-refractivity contribution in [3.63, 3.8) is 0 Å². The second kappa shape index (κ2) is 9.42. The van der Waals surface area contributed by atoms with Gasteiger partial charge in [0.15, 0.2) is 0 Å². The minimum Gasteiger partial charge on any atom is -0.497 e. The molecule has 0 heterocycles. The number of methoxy groups -OCH3 is 2. The average Bonchev–Trinajstić information content (AvgIpc) is 2.63. The van der Waals surface area contributed by atoms with Gasteiger partial charge in [-0.15, -0.1) is 0 Å². The predicted octanol–water partition coefficient (Wildman–Crippen LogP) is 3.47. The molecule has 6 heteroatoms. The highest BCUT2D eigenvalue weighted by Gasteiger charge is 2.08. The quantitative estimate of drug-likeness (QED) is 0.769. The van der Waals surface area contributed by atoms with Gasteiger partial charge >= 0.3 is 6.03 Å². The number of carbonyl (C=O) groups excluding carboxylic acids is 1. The summed E-state index contributed by atoms with van der Waals surface area (Å²) in [6, 6.07) is 12.8. The molecule has 0 radical (unpaired) electrons. The normalized spacial score (nSPS) is 10.0. The summed E-state index contributed by atoms with van der Waals surface area (Å²) in [7, 11) is 3.12. The van der Waals surface area contributed by atoms with Gasteiger partial charge in [-0.3, -0.25) is 0 Å². The van der Waals surface area contributed by atoms with Crippen molar-refractivity contribution in [2.75, 3.05) is 32.7 Å². The molecule has 0 aliphatic rings. The fourth-order valence-electron chi connectivity index (χ4n) is 2.32. The Bertz CT molecular complexity index is 686. The van der Waals surface area contributed by atoms with E-state index in [1.165, 1.54) is 0 Å². The summed E-state index contributed by atoms with van der Waals surface area (Å²) in [4.78, 5) is 12.1. The third-order valence-corrected chi connectivity index (χ3v) is 3.59. The van der Waals surface area contributed by atoms with Gasteiger partial charge in [-0.05, 0) is 43.2 Å². The molecule has 0 aromatic heterocycles. The largest absolute Gasteiger partial charge is 0.497 e. The summed E-state index contributed by atoms with van der Waals surface area (Å²) in [5.41, 5.74) is 1.68. The number of carbonyl (C=O) groups is 1. The summed E-state index contributed by atoms with van der Waals surface area (Å²) in [6.07, 6.45) is 0.731. The Morgan fingerprint density at radius 1 is 1.00 bits per heavy atom. The molecule has 2 aromatic carbocycles. The van der Waals surface area contributed by atoms with Crippen molar-refractivity contribution in [1.29, 1.82) is 0 Å². The van der Waals surface area contributed by atoms with Gasteiger partial charge < -0.3 is 24.8 Å². The SMILES string of the molecule is CCOc1ccc(CCNC(=O)Nc2cc(OC)ccc2OC)cc1. The van der Waals surface area contributed by atoms with E-state index in [9.17, 15) is 4.79 Å². The molecular formula is C19H24N2O4. The minimum absolute atomic E-state index is 0.294. The van der Waals surface area contributed by atoms with Crippen LogP contribution >= 0.6 is 0 Å². The second-order valence-corrected chi connectivity index (χ2v) is 5.27. The first kappa shape index (κ1) is 18.4. The molecule has 0 saturated heterocycles. The standard InChI is InChI=1S/C19H24N2O4/c1-4-25-15-7-5-14(6-8-15)11-12-20-19(22)21-17-13-16(23-2)9-10-18(17)24-3/h5-10,13H,4,11-12H2,1-3H3,(H2,20,21,22). The Hall–Kier alpha value is -2.89. The summed E-state index contributed by atoms with van der Waals surface area (Å²) in [5, 5.41) is 5.60. The van der Waals surface area contributed by atoms with E-state index in [4.69, 9.17) is 14.2 Å². The molecule has 0 atom stereocenters. The van der Waals surface area contributed by atoms with Crippen LogP contribution in [-0.4, -0.2) is 33.4 Å². The molecule has 2 amide bonds. The van der Waals surface area contributed by atoms with Crippen LogP contribution in [0.25, 0.3) is 0 Å². The summed E-state index contributed by atoms with van der Waals surface area (Å²) >= 11 is 0. The topological polar surface area (TPSA) is 68.8 Å². The van der Waals surface area contributed by atoms with Crippen LogP contribution in [0.1, 0.15) is 12.5 Å². The van der Waals surface area contributed by atoms with Crippen LogP contribution in [0.3, 0.4) is 0 Å². The summed E-state index contributed by atoms with van der Waals surface area (Å²) in [5.74, 6) is 2.06. The van der Waals surface area contributed by atoms with Gasteiger partial charge in [-0.1, -0.05) is 12.1 Å². The van der Waals surface area contributed by atoms with Gasteiger partial charge in [0.05, 0.1) is 26.5 Å². The Labute approximate surface area is 148 Å². The first-order valence-electron chi connectivity index (χ1n) is 8.15. The molecule has 0 unspecified atom stereocenters. The molecule has 6 nitrogen and oxygen atoms in total. The van der Waals surface area contributed by atoms with Crippen molar-refractivity contribution in [2.24, 2.45) is 0 Å². The number of nitrogens with one attached hydrogen (secondary N) is 2. The van der Waals surface area contributed by atoms with E-state index in [1.54, 1.807) is 32.4 Å². The number of anilines is 1. The van der Waals surface area contributed by atoms with E-state index in [2.05, 4.69) is 10.6 Å². The Kier molecular flexibility index (Phi) is 6.95. The lowest BCUT2D eigenvalue weighted by Gasteiger charge is -2.12. The fraction of sp³-hybridized carbons (Fsp3) is 0.316. The van der Waals surface area contributed by atoms with E-state index >= 15 is 0 Å². The highest BCUT2D eigenvalue weighted by atomic mass is 16.5. The lowest BCUT2D eigenvalue weighted by molar-refractivity contribution is 0.252. The van der Waals surface area contributed by atoms with Crippen molar-refractivity contribution in [3.8, 4) is 17.2 Å². The number of ether oxygens (including phenoxy) is 3. The third kappa shape index (κ3) is 5.60. The Balaban J connectivity index is 1.84. The second-order valence-electron chi connectivity index (χ2n) is 5.27. The van der Waals surface area contributed by atoms with Gasteiger partial charge in [-0.2, -0.15) is 0 Å². The maximum absolute atomic E-state index is 12.1. The van der Waals surface area contributed by atoms with Crippen LogP contribution in [0.15, 0.2) is 42.5 Å². The van der Waals surface area contributed by atoms with Crippen molar-refractivity contribution in [3.05, 3.63) is 48.0 Å². The molecule has 2 rings (SSSR count). The number of urea groups is 1. The zero-order valence-corrected chi connectivity index (χ0v) is 14.8. The molecule has 0 fully saturated rings. The fourth-order valence-corrected chi connectivity index (χ4v) is 2.32. The maximum atomic E-state index is 12.1. The van der Waals surface area contributed by atoms with E-state index in [0.29, 0.717) is 30.3 Å². The highest BCUT2D eigenvalue weighted by molar-refractivity contribution is 5.91. The number of rotatable bonds is 8. The first-order chi connectivity index (χ1) is 12.2. The van der Waals surface area contributed by atoms with Gasteiger partial charge in [0.25, 0.3) is 0 Å². The molecule has 134 valence electrons. The van der Waals surface area contributed by atoms with Crippen molar-refractivity contribution in [2.45, 2.75) is 13.3 Å². The van der Waals surface area contributed by atoms with E-state index < -0.39 is 0 Å². The van der Waals surface area contributed by atoms with Crippen molar-refractivity contribution < 1.29 is 19.0 Å². The van der Waals surface area contributed by atoms with Crippen LogP contribution in [0.5, 0.6) is 17.2 Å². The summed E-state index contributed by atoms with van der Waals surface area (Å²) < 4.78 is 15.8. The molecule has 2 aromatic rings. The zero-order valence-electron chi connectivity index (χ0n) is 14.8. The summed E-state index contributed by atoms with van der Waals surface area (Å²) in [6.45, 7) is 3.12. The van der Waals surface area contributed by atoms with Gasteiger partial charge in [-0.25, -0.2) is 4.79 Å². The Morgan fingerprint density at radius 3 is 2.36 bits per heavy atom. The predicted molar refractivity (Wildman–Crippen MR) is 97.9 cm³/mol. The van der Waals surface area contributed by atoms with Gasteiger partial charge in [0.2, 0.25) is 0 Å². The number of hydrogen-bond acceptors (Lipinski definition) is 4. The third-order valence-electron chi connectivity index (χ3n) is 3.59. The van der Waals surface area contributed by atoms with E-state index in [-0.39, 0.29) is 6.03 Å². The maximum Gasteiger partial charge on any atom is 0.319 e. The van der Waals surface area contributed by atoms with Crippen LogP contribution in [0, 0.1) is 0 Å². The molecule has 25 heavy (non-hydrogen) atoms. The first-order valence-corrected chi connectivity index (χ1v) is 8.15. The van der Waals surface area contributed by atoms with Crippen LogP contribution in [0.2, 0.25) is 0 Å². The van der Waals surface area contributed by atoms with Crippen LogP contribution in [0.4, 0.5) is 10.5 Å². The molecule has 0 saturated carbocycles. The smallest absolute Gasteiger partial charge is 0.319 e. The van der Waals surface area contributed by atoms with Crippen molar-refractivity contribution >= 4 is 11.7 Å². The lowest BCUT2D eigenvalue weighted by atomic mass is 10.1. The molecule has 2 N–H and O–H groups in total. The molecule has 0 spiro atoms.